The van der Waals surface area contributed by atoms with Crippen molar-refractivity contribution in [2.75, 3.05) is 0 Å². The van der Waals surface area contributed by atoms with E-state index in [0.29, 0.717) is 11.3 Å². The van der Waals surface area contributed by atoms with Crippen molar-refractivity contribution in [3.8, 4) is 0 Å². The third kappa shape index (κ3) is 3.17. The van der Waals surface area contributed by atoms with Crippen molar-refractivity contribution in [2.45, 2.75) is 6.92 Å². The van der Waals surface area contributed by atoms with E-state index in [1.54, 1.807) is 18.2 Å². The lowest BCUT2D eigenvalue weighted by Gasteiger charge is -1.95. The summed E-state index contributed by atoms with van der Waals surface area (Å²) in [5.41, 5.74) is 0.660. The lowest BCUT2D eigenvalue weighted by atomic mass is 10.1. The van der Waals surface area contributed by atoms with E-state index >= 15 is 0 Å². The van der Waals surface area contributed by atoms with E-state index in [0.717, 1.165) is 10.2 Å². The van der Waals surface area contributed by atoms with Crippen molar-refractivity contribution < 1.29 is 9.21 Å². The summed E-state index contributed by atoms with van der Waals surface area (Å²) in [6, 6.07) is 11.0. The summed E-state index contributed by atoms with van der Waals surface area (Å²) in [7, 11) is 0. The SMILES string of the molecule is Cc1ccc(/C=C/C(=O)c2ccc(Br)cc2)o1. The van der Waals surface area contributed by atoms with Crippen LogP contribution in [0.2, 0.25) is 0 Å². The monoisotopic (exact) mass is 290 g/mol. The number of furan rings is 1. The number of hydrogen-bond donors (Lipinski definition) is 0. The molecule has 0 fully saturated rings. The quantitative estimate of drug-likeness (QED) is 0.625. The molecule has 1 aromatic carbocycles. The third-order valence-corrected chi connectivity index (χ3v) is 2.82. The molecule has 2 rings (SSSR count). The molecule has 0 saturated carbocycles. The molecule has 86 valence electrons. The van der Waals surface area contributed by atoms with Gasteiger partial charge in [0.25, 0.3) is 0 Å². The molecule has 1 aromatic heterocycles. The Morgan fingerprint density at radius 1 is 1.18 bits per heavy atom. The van der Waals surface area contributed by atoms with Crippen LogP contribution in [0.5, 0.6) is 0 Å². The molecule has 2 aromatic rings. The minimum absolute atomic E-state index is 0.0356. The standard InChI is InChI=1S/C14H11BrO2/c1-10-2-7-13(17-10)8-9-14(16)11-3-5-12(15)6-4-11/h2-9H,1H3/b9-8+. The van der Waals surface area contributed by atoms with E-state index in [4.69, 9.17) is 4.42 Å². The van der Waals surface area contributed by atoms with Crippen LogP contribution in [0.25, 0.3) is 6.08 Å². The minimum Gasteiger partial charge on any atom is -0.462 e. The van der Waals surface area contributed by atoms with Crippen LogP contribution in [0.4, 0.5) is 0 Å². The molecular weight excluding hydrogens is 280 g/mol. The number of benzene rings is 1. The molecule has 0 unspecified atom stereocenters. The summed E-state index contributed by atoms with van der Waals surface area (Å²) in [5.74, 6) is 1.49. The largest absolute Gasteiger partial charge is 0.462 e. The van der Waals surface area contributed by atoms with E-state index in [1.165, 1.54) is 6.08 Å². The van der Waals surface area contributed by atoms with Crippen LogP contribution < -0.4 is 0 Å². The first kappa shape index (κ1) is 11.9. The molecule has 2 nitrogen and oxygen atoms in total. The van der Waals surface area contributed by atoms with Crippen molar-refractivity contribution in [3.63, 3.8) is 0 Å². The normalized spacial score (nSPS) is 10.9. The summed E-state index contributed by atoms with van der Waals surface area (Å²) >= 11 is 3.33. The first-order valence-electron chi connectivity index (χ1n) is 5.19. The highest BCUT2D eigenvalue weighted by molar-refractivity contribution is 9.10. The van der Waals surface area contributed by atoms with E-state index in [2.05, 4.69) is 15.9 Å². The van der Waals surface area contributed by atoms with E-state index in [1.807, 2.05) is 31.2 Å². The highest BCUT2D eigenvalue weighted by Crippen LogP contribution is 2.12. The summed E-state index contributed by atoms with van der Waals surface area (Å²) < 4.78 is 6.30. The maximum atomic E-state index is 11.8. The van der Waals surface area contributed by atoms with Crippen molar-refractivity contribution >= 4 is 27.8 Å². The van der Waals surface area contributed by atoms with Gasteiger partial charge in [-0.25, -0.2) is 0 Å². The van der Waals surface area contributed by atoms with Gasteiger partial charge in [0.2, 0.25) is 0 Å². The van der Waals surface area contributed by atoms with Gasteiger partial charge in [0.05, 0.1) is 0 Å². The molecule has 0 N–H and O–H groups in total. The second kappa shape index (κ2) is 5.15. The highest BCUT2D eigenvalue weighted by Gasteiger charge is 2.01. The Morgan fingerprint density at radius 2 is 1.88 bits per heavy atom. The van der Waals surface area contributed by atoms with Gasteiger partial charge in [-0.2, -0.15) is 0 Å². The minimum atomic E-state index is -0.0356. The molecule has 0 bridgehead atoms. The van der Waals surface area contributed by atoms with Crippen LogP contribution in [0, 0.1) is 6.92 Å². The van der Waals surface area contributed by atoms with Gasteiger partial charge in [0.1, 0.15) is 11.5 Å². The van der Waals surface area contributed by atoms with Crippen LogP contribution in [0.3, 0.4) is 0 Å². The molecule has 0 saturated heterocycles. The number of carbonyl (C=O) groups excluding carboxylic acids is 1. The molecule has 0 amide bonds. The van der Waals surface area contributed by atoms with Gasteiger partial charge in [0.15, 0.2) is 5.78 Å². The molecule has 3 heteroatoms. The number of halogens is 1. The molecule has 0 radical (unpaired) electrons. The van der Waals surface area contributed by atoms with Gasteiger partial charge in [-0.15, -0.1) is 0 Å². The Balaban J connectivity index is 2.11. The maximum Gasteiger partial charge on any atom is 0.185 e. The molecule has 0 aliphatic carbocycles. The van der Waals surface area contributed by atoms with Gasteiger partial charge < -0.3 is 4.42 Å². The van der Waals surface area contributed by atoms with Crippen LogP contribution in [-0.2, 0) is 0 Å². The Morgan fingerprint density at radius 3 is 2.47 bits per heavy atom. The number of allylic oxidation sites excluding steroid dienone is 1. The second-order valence-corrected chi connectivity index (χ2v) is 4.57. The van der Waals surface area contributed by atoms with E-state index in [9.17, 15) is 4.79 Å². The lowest BCUT2D eigenvalue weighted by molar-refractivity contribution is 0.104. The number of carbonyl (C=O) groups is 1. The average Bonchev–Trinajstić information content (AvgIpc) is 2.73. The van der Waals surface area contributed by atoms with Gasteiger partial charge in [-0.05, 0) is 55.5 Å². The van der Waals surface area contributed by atoms with Gasteiger partial charge >= 0.3 is 0 Å². The Bertz CT molecular complexity index is 550. The number of rotatable bonds is 3. The zero-order valence-electron chi connectivity index (χ0n) is 9.31. The van der Waals surface area contributed by atoms with Gasteiger partial charge in [0, 0.05) is 10.0 Å². The fraction of sp³-hybridized carbons (Fsp3) is 0.0714. The topological polar surface area (TPSA) is 30.2 Å². The summed E-state index contributed by atoms with van der Waals surface area (Å²) in [6.07, 6.45) is 3.19. The van der Waals surface area contributed by atoms with Crippen LogP contribution in [0.1, 0.15) is 21.9 Å². The predicted molar refractivity (Wildman–Crippen MR) is 71.0 cm³/mol. The fourth-order valence-corrected chi connectivity index (χ4v) is 1.68. The van der Waals surface area contributed by atoms with E-state index < -0.39 is 0 Å². The number of ketones is 1. The zero-order valence-corrected chi connectivity index (χ0v) is 10.9. The Kier molecular flexibility index (Phi) is 3.59. The first-order valence-corrected chi connectivity index (χ1v) is 5.99. The summed E-state index contributed by atoms with van der Waals surface area (Å²) in [6.45, 7) is 1.87. The molecule has 1 heterocycles. The molecular formula is C14H11BrO2. The number of aryl methyl sites for hydroxylation is 1. The maximum absolute atomic E-state index is 11.8. The lowest BCUT2D eigenvalue weighted by Crippen LogP contribution is -1.92. The zero-order chi connectivity index (χ0) is 12.3. The van der Waals surface area contributed by atoms with Crippen molar-refractivity contribution in [3.05, 3.63) is 64.0 Å². The molecule has 0 spiro atoms. The summed E-state index contributed by atoms with van der Waals surface area (Å²) in [5, 5.41) is 0. The first-order chi connectivity index (χ1) is 8.15. The third-order valence-electron chi connectivity index (χ3n) is 2.29. The van der Waals surface area contributed by atoms with E-state index in [-0.39, 0.29) is 5.78 Å². The highest BCUT2D eigenvalue weighted by atomic mass is 79.9. The average molecular weight is 291 g/mol. The fourth-order valence-electron chi connectivity index (χ4n) is 1.41. The number of hydrogen-bond acceptors (Lipinski definition) is 2. The van der Waals surface area contributed by atoms with Crippen molar-refractivity contribution in [1.29, 1.82) is 0 Å². The second-order valence-electron chi connectivity index (χ2n) is 3.65. The summed E-state index contributed by atoms with van der Waals surface area (Å²) in [4.78, 5) is 11.8. The van der Waals surface area contributed by atoms with Crippen LogP contribution in [-0.4, -0.2) is 5.78 Å². The Hall–Kier alpha value is -1.61. The van der Waals surface area contributed by atoms with Crippen molar-refractivity contribution in [1.82, 2.24) is 0 Å². The molecule has 17 heavy (non-hydrogen) atoms. The Labute approximate surface area is 108 Å². The molecule has 0 aliphatic heterocycles. The smallest absolute Gasteiger partial charge is 0.185 e. The van der Waals surface area contributed by atoms with Gasteiger partial charge in [-0.1, -0.05) is 15.9 Å². The molecule has 0 aliphatic rings. The van der Waals surface area contributed by atoms with Crippen LogP contribution >= 0.6 is 15.9 Å². The van der Waals surface area contributed by atoms with Crippen LogP contribution in [0.15, 0.2) is 51.4 Å². The predicted octanol–water partition coefficient (Wildman–Crippen LogP) is 4.25. The van der Waals surface area contributed by atoms with Crippen molar-refractivity contribution in [2.24, 2.45) is 0 Å². The molecule has 0 atom stereocenters. The van der Waals surface area contributed by atoms with Gasteiger partial charge in [-0.3, -0.25) is 4.79 Å².